The minimum Gasteiger partial charge on any atom is -0.279 e. The minimum absolute atomic E-state index is 0.0114. The van der Waals surface area contributed by atoms with Crippen LogP contribution >= 0.6 is 0 Å². The fourth-order valence-electron chi connectivity index (χ4n) is 3.73. The van der Waals surface area contributed by atoms with Crippen LogP contribution in [0.1, 0.15) is 11.3 Å². The molecule has 5 aromatic rings. The van der Waals surface area contributed by atoms with Crippen LogP contribution in [0.25, 0.3) is 17.1 Å². The standard InChI is InChI=1S/C26H17F5N6/c1-16-14-19(18-10-11-21(27)33-25(18)28)32-24(15-16)37(17-6-3-2-4-7-17)23-9-5-8-22(34-23)36-13-12-20(35-36)26(29,30)31/h2-15H,1H3. The van der Waals surface area contributed by atoms with Crippen molar-refractivity contribution in [3.63, 3.8) is 0 Å². The van der Waals surface area contributed by atoms with Crippen LogP contribution in [0.3, 0.4) is 0 Å². The molecule has 0 amide bonds. The summed E-state index contributed by atoms with van der Waals surface area (Å²) < 4.78 is 68.1. The molecule has 0 bridgehead atoms. The van der Waals surface area contributed by atoms with E-state index in [-0.39, 0.29) is 17.1 Å². The fourth-order valence-corrected chi connectivity index (χ4v) is 3.73. The van der Waals surface area contributed by atoms with E-state index in [0.29, 0.717) is 17.3 Å². The molecule has 4 aromatic heterocycles. The number of nitrogens with zero attached hydrogens (tertiary/aromatic N) is 6. The van der Waals surface area contributed by atoms with Gasteiger partial charge in [-0.05, 0) is 67.1 Å². The van der Waals surface area contributed by atoms with Gasteiger partial charge in [-0.25, -0.2) is 14.6 Å². The van der Waals surface area contributed by atoms with Gasteiger partial charge in [0.15, 0.2) is 11.5 Å². The van der Waals surface area contributed by atoms with Crippen LogP contribution in [-0.2, 0) is 6.18 Å². The Bertz CT molecular complexity index is 1570. The number of anilines is 3. The maximum Gasteiger partial charge on any atom is 0.435 e. The summed E-state index contributed by atoms with van der Waals surface area (Å²) in [6.07, 6.45) is -3.42. The summed E-state index contributed by atoms with van der Waals surface area (Å²) in [5.74, 6) is -1.13. The molecule has 0 atom stereocenters. The molecule has 37 heavy (non-hydrogen) atoms. The topological polar surface area (TPSA) is 59.7 Å². The third-order valence-electron chi connectivity index (χ3n) is 5.35. The number of rotatable bonds is 5. The van der Waals surface area contributed by atoms with Crippen LogP contribution in [0.2, 0.25) is 0 Å². The number of benzene rings is 1. The summed E-state index contributed by atoms with van der Waals surface area (Å²) in [7, 11) is 0. The number of para-hydroxylation sites is 1. The summed E-state index contributed by atoms with van der Waals surface area (Å²) in [5.41, 5.74) is 0.559. The molecule has 0 aliphatic rings. The summed E-state index contributed by atoms with van der Waals surface area (Å²) in [5, 5.41) is 3.60. The average Bonchev–Trinajstić information content (AvgIpc) is 3.36. The van der Waals surface area contributed by atoms with Crippen molar-refractivity contribution in [2.45, 2.75) is 13.1 Å². The lowest BCUT2D eigenvalue weighted by Gasteiger charge is -2.24. The van der Waals surface area contributed by atoms with Gasteiger partial charge in [-0.2, -0.15) is 32.0 Å². The number of aromatic nitrogens is 5. The van der Waals surface area contributed by atoms with E-state index in [1.54, 1.807) is 60.4 Å². The van der Waals surface area contributed by atoms with Crippen molar-refractivity contribution in [2.24, 2.45) is 0 Å². The fraction of sp³-hybridized carbons (Fsp3) is 0.0769. The van der Waals surface area contributed by atoms with Gasteiger partial charge in [-0.3, -0.25) is 4.90 Å². The summed E-state index contributed by atoms with van der Waals surface area (Å²) in [6.45, 7) is 1.79. The van der Waals surface area contributed by atoms with Crippen molar-refractivity contribution in [3.8, 4) is 17.1 Å². The molecule has 5 rings (SSSR count). The molecule has 6 nitrogen and oxygen atoms in total. The van der Waals surface area contributed by atoms with E-state index in [2.05, 4.69) is 20.1 Å². The van der Waals surface area contributed by atoms with E-state index >= 15 is 0 Å². The smallest absolute Gasteiger partial charge is 0.279 e. The first kappa shape index (κ1) is 24.0. The predicted octanol–water partition coefficient (Wildman–Crippen LogP) is 6.80. The molecule has 1 aromatic carbocycles. The summed E-state index contributed by atoms with van der Waals surface area (Å²) >= 11 is 0. The Kier molecular flexibility index (Phi) is 6.12. The van der Waals surface area contributed by atoms with Crippen molar-refractivity contribution >= 4 is 17.3 Å². The van der Waals surface area contributed by atoms with Gasteiger partial charge in [-0.15, -0.1) is 0 Å². The third kappa shape index (κ3) is 5.01. The van der Waals surface area contributed by atoms with Crippen LogP contribution in [0.5, 0.6) is 0 Å². The Morgan fingerprint density at radius 3 is 2.27 bits per heavy atom. The Labute approximate surface area is 207 Å². The van der Waals surface area contributed by atoms with Gasteiger partial charge >= 0.3 is 6.18 Å². The Morgan fingerprint density at radius 2 is 1.57 bits per heavy atom. The minimum atomic E-state index is -4.59. The largest absolute Gasteiger partial charge is 0.435 e. The van der Waals surface area contributed by atoms with E-state index in [9.17, 15) is 22.0 Å². The second-order valence-electron chi connectivity index (χ2n) is 8.03. The van der Waals surface area contributed by atoms with Gasteiger partial charge < -0.3 is 0 Å². The molecule has 0 radical (unpaired) electrons. The Morgan fingerprint density at radius 1 is 0.784 bits per heavy atom. The van der Waals surface area contributed by atoms with E-state index in [0.717, 1.165) is 22.4 Å². The zero-order valence-corrected chi connectivity index (χ0v) is 19.2. The van der Waals surface area contributed by atoms with Crippen molar-refractivity contribution in [1.82, 2.24) is 24.7 Å². The quantitative estimate of drug-likeness (QED) is 0.193. The van der Waals surface area contributed by atoms with Crippen molar-refractivity contribution in [3.05, 3.63) is 108 Å². The molecule has 0 spiro atoms. The maximum atomic E-state index is 14.5. The van der Waals surface area contributed by atoms with Crippen molar-refractivity contribution in [1.29, 1.82) is 0 Å². The number of halogens is 5. The van der Waals surface area contributed by atoms with E-state index < -0.39 is 23.8 Å². The number of alkyl halides is 3. The van der Waals surface area contributed by atoms with Crippen LogP contribution in [0, 0.1) is 18.8 Å². The zero-order chi connectivity index (χ0) is 26.2. The second kappa shape index (κ2) is 9.41. The van der Waals surface area contributed by atoms with E-state index in [4.69, 9.17) is 0 Å². The SMILES string of the molecule is Cc1cc(-c2ccc(F)nc2F)nc(N(c2ccccc2)c2cccc(-n3ccc(C(F)(F)F)n3)n2)c1. The van der Waals surface area contributed by atoms with Gasteiger partial charge in [0.1, 0.15) is 11.6 Å². The number of pyridine rings is 3. The molecule has 4 heterocycles. The normalized spacial score (nSPS) is 11.5. The first-order valence-electron chi connectivity index (χ1n) is 11.0. The highest BCUT2D eigenvalue weighted by molar-refractivity contribution is 5.74. The third-order valence-corrected chi connectivity index (χ3v) is 5.35. The van der Waals surface area contributed by atoms with Gasteiger partial charge in [0.2, 0.25) is 11.9 Å². The first-order valence-corrected chi connectivity index (χ1v) is 11.0. The number of hydrogen-bond donors (Lipinski definition) is 0. The first-order chi connectivity index (χ1) is 17.7. The van der Waals surface area contributed by atoms with Gasteiger partial charge in [0, 0.05) is 11.9 Å². The summed E-state index contributed by atoms with van der Waals surface area (Å²) in [6, 6.07) is 20.4. The van der Waals surface area contributed by atoms with Crippen LogP contribution in [0.15, 0.2) is 85.1 Å². The highest BCUT2D eigenvalue weighted by atomic mass is 19.4. The Balaban J connectivity index is 1.64. The lowest BCUT2D eigenvalue weighted by molar-refractivity contribution is -0.141. The van der Waals surface area contributed by atoms with Gasteiger partial charge in [-0.1, -0.05) is 24.3 Å². The maximum absolute atomic E-state index is 14.5. The number of hydrogen-bond acceptors (Lipinski definition) is 5. The van der Waals surface area contributed by atoms with E-state index in [1.165, 1.54) is 18.3 Å². The molecular weight excluding hydrogens is 491 g/mol. The van der Waals surface area contributed by atoms with Crippen molar-refractivity contribution < 1.29 is 22.0 Å². The molecule has 0 saturated heterocycles. The molecule has 0 aliphatic heterocycles. The molecule has 11 heteroatoms. The average molecular weight is 508 g/mol. The lowest BCUT2D eigenvalue weighted by atomic mass is 10.1. The molecule has 0 saturated carbocycles. The molecule has 0 unspecified atom stereocenters. The molecule has 0 N–H and O–H groups in total. The molecular formula is C26H17F5N6. The number of aryl methyl sites for hydroxylation is 1. The predicted molar refractivity (Wildman–Crippen MR) is 127 cm³/mol. The summed E-state index contributed by atoms with van der Waals surface area (Å²) in [4.78, 5) is 14.0. The van der Waals surface area contributed by atoms with Crippen LogP contribution in [0.4, 0.5) is 39.3 Å². The van der Waals surface area contributed by atoms with Crippen molar-refractivity contribution in [2.75, 3.05) is 4.90 Å². The van der Waals surface area contributed by atoms with Gasteiger partial charge in [0.25, 0.3) is 0 Å². The Hall–Kier alpha value is -4.67. The highest BCUT2D eigenvalue weighted by Crippen LogP contribution is 2.35. The molecule has 0 aliphatic carbocycles. The van der Waals surface area contributed by atoms with Crippen LogP contribution < -0.4 is 4.90 Å². The monoisotopic (exact) mass is 508 g/mol. The second-order valence-corrected chi connectivity index (χ2v) is 8.03. The van der Waals surface area contributed by atoms with Gasteiger partial charge in [0.05, 0.1) is 11.3 Å². The van der Waals surface area contributed by atoms with E-state index in [1.807, 2.05) is 6.07 Å². The highest BCUT2D eigenvalue weighted by Gasteiger charge is 2.33. The lowest BCUT2D eigenvalue weighted by Crippen LogP contribution is -2.15. The zero-order valence-electron chi connectivity index (χ0n) is 19.2. The van der Waals surface area contributed by atoms with Crippen LogP contribution in [-0.4, -0.2) is 24.7 Å². The molecule has 186 valence electrons. The molecule has 0 fully saturated rings.